The number of fused-ring (bicyclic) bond motifs is 1. The van der Waals surface area contributed by atoms with Gasteiger partial charge < -0.3 is 15.8 Å². The molecule has 6 N–H and O–H groups in total. The highest BCUT2D eigenvalue weighted by Gasteiger charge is 2.16. The van der Waals surface area contributed by atoms with E-state index in [9.17, 15) is 4.79 Å². The number of carbonyl (C=O) groups excluding carboxylic acids is 1. The highest BCUT2D eigenvalue weighted by Crippen LogP contribution is 2.29. The Labute approximate surface area is 86.5 Å². The van der Waals surface area contributed by atoms with Gasteiger partial charge in [0.05, 0.1) is 11.9 Å². The Morgan fingerprint density at radius 1 is 1.53 bits per heavy atom. The first-order chi connectivity index (χ1) is 7.20. The zero-order valence-electron chi connectivity index (χ0n) is 7.99. The van der Waals surface area contributed by atoms with E-state index in [1.165, 1.54) is 0 Å². The molecule has 6 nitrogen and oxygen atoms in total. The minimum absolute atomic E-state index is 0.0491. The van der Waals surface area contributed by atoms with E-state index in [-0.39, 0.29) is 12.5 Å². The molecule has 0 saturated heterocycles. The van der Waals surface area contributed by atoms with Crippen molar-refractivity contribution < 1.29 is 9.53 Å². The molecule has 1 aromatic rings. The summed E-state index contributed by atoms with van der Waals surface area (Å²) in [6, 6.07) is 5.28. The predicted molar refractivity (Wildman–Crippen MR) is 54.8 cm³/mol. The van der Waals surface area contributed by atoms with E-state index in [1.807, 2.05) is 0 Å². The van der Waals surface area contributed by atoms with Gasteiger partial charge >= 0.3 is 0 Å². The number of anilines is 1. The van der Waals surface area contributed by atoms with Gasteiger partial charge in [0.2, 0.25) is 0 Å². The van der Waals surface area contributed by atoms with Crippen LogP contribution in [0.3, 0.4) is 0 Å². The number of benzene rings is 1. The smallest absolute Gasteiger partial charge is 0.262 e. The summed E-state index contributed by atoms with van der Waals surface area (Å²) < 4.78 is 5.20. The van der Waals surface area contributed by atoms with Gasteiger partial charge in [-0.2, -0.15) is 0 Å². The summed E-state index contributed by atoms with van der Waals surface area (Å²) in [6.07, 6.45) is -0.464. The summed E-state index contributed by atoms with van der Waals surface area (Å²) in [4.78, 5) is 11.1. The maximum atomic E-state index is 11.1. The molecule has 1 aromatic carbocycles. The number of carbonyl (C=O) groups is 1. The van der Waals surface area contributed by atoms with E-state index in [0.29, 0.717) is 11.4 Å². The molecule has 1 aliphatic rings. The fourth-order valence-electron chi connectivity index (χ4n) is 1.39. The van der Waals surface area contributed by atoms with E-state index in [4.69, 9.17) is 16.3 Å². The largest absolute Gasteiger partial charge is 0.482 e. The monoisotopic (exact) mass is 208 g/mol. The van der Waals surface area contributed by atoms with Crippen LogP contribution in [-0.2, 0) is 4.79 Å². The number of ether oxygens (including phenoxy) is 1. The van der Waals surface area contributed by atoms with Crippen molar-refractivity contribution in [3.05, 3.63) is 23.8 Å². The van der Waals surface area contributed by atoms with Crippen LogP contribution in [0.2, 0.25) is 0 Å². The predicted octanol–water partition coefficient (Wildman–Crippen LogP) is -0.562. The molecule has 1 unspecified atom stereocenters. The van der Waals surface area contributed by atoms with E-state index in [1.54, 1.807) is 18.2 Å². The summed E-state index contributed by atoms with van der Waals surface area (Å²) in [5.74, 6) is 5.68. The minimum atomic E-state index is -0.464. The fraction of sp³-hybridized carbons (Fsp3) is 0.222. The molecule has 2 rings (SSSR count). The van der Waals surface area contributed by atoms with Crippen molar-refractivity contribution in [1.29, 1.82) is 0 Å². The van der Waals surface area contributed by atoms with Gasteiger partial charge in [-0.3, -0.25) is 10.6 Å². The number of hydrogen-bond donors (Lipinski definition) is 4. The lowest BCUT2D eigenvalue weighted by atomic mass is 10.1. The highest BCUT2D eigenvalue weighted by molar-refractivity contribution is 5.95. The van der Waals surface area contributed by atoms with E-state index in [0.717, 1.165) is 5.56 Å². The summed E-state index contributed by atoms with van der Waals surface area (Å²) in [5, 5.41) is 2.69. The topological polar surface area (TPSA) is 102 Å². The number of amides is 1. The maximum absolute atomic E-state index is 11.1. The molecule has 1 aliphatic heterocycles. The Hall–Kier alpha value is -1.63. The summed E-state index contributed by atoms with van der Waals surface area (Å²) in [6.45, 7) is 0.0491. The molecule has 1 atom stereocenters. The van der Waals surface area contributed by atoms with Crippen LogP contribution in [-0.4, -0.2) is 12.5 Å². The standard InChI is InChI=1S/C9H12N4O2/c10-9(13-11)5-1-2-7-6(3-5)12-8(14)4-15-7/h1-3,9,13H,4,10-11H2,(H,12,14). The van der Waals surface area contributed by atoms with E-state index >= 15 is 0 Å². The van der Waals surface area contributed by atoms with Gasteiger partial charge in [0, 0.05) is 0 Å². The Bertz CT molecular complexity index is 394. The SMILES string of the molecule is NNC(N)c1ccc2c(c1)NC(=O)CO2. The van der Waals surface area contributed by atoms with E-state index in [2.05, 4.69) is 10.7 Å². The zero-order chi connectivity index (χ0) is 10.8. The molecule has 0 saturated carbocycles. The fourth-order valence-corrected chi connectivity index (χ4v) is 1.39. The highest BCUT2D eigenvalue weighted by atomic mass is 16.5. The molecule has 1 amide bonds. The van der Waals surface area contributed by atoms with E-state index < -0.39 is 6.17 Å². The first-order valence-corrected chi connectivity index (χ1v) is 4.49. The third-order valence-electron chi connectivity index (χ3n) is 2.18. The average Bonchev–Trinajstić information content (AvgIpc) is 2.27. The molecule has 1 heterocycles. The first-order valence-electron chi connectivity index (χ1n) is 4.49. The number of hydrazine groups is 1. The zero-order valence-corrected chi connectivity index (χ0v) is 7.99. The number of nitrogens with one attached hydrogen (secondary N) is 2. The molecule has 0 fully saturated rings. The lowest BCUT2D eigenvalue weighted by Gasteiger charge is -2.20. The van der Waals surface area contributed by atoms with Crippen LogP contribution in [0, 0.1) is 0 Å². The molecular formula is C9H12N4O2. The first kappa shape index (κ1) is 9.91. The summed E-state index contributed by atoms with van der Waals surface area (Å²) in [5.41, 5.74) is 9.50. The second kappa shape index (κ2) is 3.85. The second-order valence-corrected chi connectivity index (χ2v) is 3.24. The molecule has 0 radical (unpaired) electrons. The molecule has 0 bridgehead atoms. The molecule has 15 heavy (non-hydrogen) atoms. The van der Waals surface area contributed by atoms with Gasteiger partial charge in [-0.15, -0.1) is 0 Å². The molecule has 0 spiro atoms. The van der Waals surface area contributed by atoms with Crippen LogP contribution in [0.15, 0.2) is 18.2 Å². The molecule has 80 valence electrons. The normalized spacial score (nSPS) is 16.3. The minimum Gasteiger partial charge on any atom is -0.482 e. The van der Waals surface area contributed by atoms with Crippen molar-refractivity contribution in [3.63, 3.8) is 0 Å². The van der Waals surface area contributed by atoms with Gasteiger partial charge in [0.1, 0.15) is 5.75 Å². The van der Waals surface area contributed by atoms with Crippen LogP contribution in [0.25, 0.3) is 0 Å². The van der Waals surface area contributed by atoms with Crippen LogP contribution in [0.4, 0.5) is 5.69 Å². The Morgan fingerprint density at radius 2 is 2.33 bits per heavy atom. The van der Waals surface area contributed by atoms with Gasteiger partial charge in [-0.25, -0.2) is 5.43 Å². The quantitative estimate of drug-likeness (QED) is 0.296. The summed E-state index contributed by atoms with van der Waals surface area (Å²) >= 11 is 0. The van der Waals surface area contributed by atoms with Crippen LogP contribution < -0.4 is 27.1 Å². The molecule has 6 heteroatoms. The molecular weight excluding hydrogens is 196 g/mol. The molecule has 0 aliphatic carbocycles. The van der Waals surface area contributed by atoms with Crippen LogP contribution in [0.1, 0.15) is 11.7 Å². The lowest BCUT2D eigenvalue weighted by molar-refractivity contribution is -0.118. The average molecular weight is 208 g/mol. The molecule has 0 aromatic heterocycles. The Balaban J connectivity index is 2.32. The Morgan fingerprint density at radius 3 is 3.07 bits per heavy atom. The van der Waals surface area contributed by atoms with Crippen molar-refractivity contribution in [2.24, 2.45) is 11.6 Å². The van der Waals surface area contributed by atoms with Gasteiger partial charge in [-0.1, -0.05) is 6.07 Å². The maximum Gasteiger partial charge on any atom is 0.262 e. The van der Waals surface area contributed by atoms with Crippen molar-refractivity contribution in [1.82, 2.24) is 5.43 Å². The van der Waals surface area contributed by atoms with Crippen LogP contribution in [0.5, 0.6) is 5.75 Å². The summed E-state index contributed by atoms with van der Waals surface area (Å²) in [7, 11) is 0. The van der Waals surface area contributed by atoms with Crippen molar-refractivity contribution in [2.75, 3.05) is 11.9 Å². The third-order valence-corrected chi connectivity index (χ3v) is 2.18. The van der Waals surface area contributed by atoms with Gasteiger partial charge in [0.25, 0.3) is 5.91 Å². The van der Waals surface area contributed by atoms with Crippen molar-refractivity contribution in [3.8, 4) is 5.75 Å². The number of rotatable bonds is 2. The lowest BCUT2D eigenvalue weighted by Crippen LogP contribution is -2.34. The number of nitrogens with two attached hydrogens (primary N) is 2. The number of hydrogen-bond acceptors (Lipinski definition) is 5. The van der Waals surface area contributed by atoms with Crippen LogP contribution >= 0.6 is 0 Å². The van der Waals surface area contributed by atoms with Crippen molar-refractivity contribution >= 4 is 11.6 Å². The van der Waals surface area contributed by atoms with Gasteiger partial charge in [0.15, 0.2) is 6.61 Å². The van der Waals surface area contributed by atoms with Gasteiger partial charge in [-0.05, 0) is 17.7 Å². The second-order valence-electron chi connectivity index (χ2n) is 3.24. The van der Waals surface area contributed by atoms with Crippen molar-refractivity contribution in [2.45, 2.75) is 6.17 Å². The Kier molecular flexibility index (Phi) is 2.55. The third kappa shape index (κ3) is 1.91.